The van der Waals surface area contributed by atoms with E-state index in [9.17, 15) is 28.8 Å². The predicted octanol–water partition coefficient (Wildman–Crippen LogP) is 2.83. The summed E-state index contributed by atoms with van der Waals surface area (Å²) in [4.78, 5) is 77.2. The Bertz CT molecular complexity index is 1500. The molecule has 0 aliphatic carbocycles. The van der Waals surface area contributed by atoms with Crippen molar-refractivity contribution in [2.45, 2.75) is 137 Å². The van der Waals surface area contributed by atoms with Crippen molar-refractivity contribution in [1.29, 1.82) is 0 Å². The average Bonchev–Trinajstić information content (AvgIpc) is 3.53. The summed E-state index contributed by atoms with van der Waals surface area (Å²) in [5.74, 6) is -1.35. The van der Waals surface area contributed by atoms with Gasteiger partial charge in [0.25, 0.3) is 0 Å². The van der Waals surface area contributed by atoms with Gasteiger partial charge in [-0.2, -0.15) is 0 Å². The Morgan fingerprint density at radius 1 is 0.606 bits per heavy atom. The number of hydrogen-bond donors (Lipinski definition) is 3. The topological polar surface area (TPSA) is 237 Å². The van der Waals surface area contributed by atoms with Crippen LogP contribution in [0.2, 0.25) is 0 Å². The van der Waals surface area contributed by atoms with Crippen LogP contribution in [0, 0.1) is 5.92 Å². The smallest absolute Gasteiger partial charge is 0.232 e. The molecule has 0 saturated carbocycles. The second kappa shape index (κ2) is 38.2. The van der Waals surface area contributed by atoms with Crippen molar-refractivity contribution in [2.75, 3.05) is 145 Å². The second-order valence-corrected chi connectivity index (χ2v) is 19.5. The van der Waals surface area contributed by atoms with E-state index in [0.29, 0.717) is 125 Å². The Morgan fingerprint density at radius 3 is 1.51 bits per heavy atom. The normalized spacial score (nSPS) is 14.4. The molecule has 1 unspecified atom stereocenters. The van der Waals surface area contributed by atoms with Crippen molar-refractivity contribution in [1.82, 2.24) is 25.8 Å². The molecule has 6 amide bonds. The first-order valence-corrected chi connectivity index (χ1v) is 25.6. The molecule has 3 N–H and O–H groups in total. The first kappa shape index (κ1) is 65.6. The van der Waals surface area contributed by atoms with Gasteiger partial charge in [-0.1, -0.05) is 6.92 Å². The van der Waals surface area contributed by atoms with Gasteiger partial charge in [0, 0.05) is 76.8 Å². The number of nitrogens with zero attached hydrogens (tertiary/aromatic N) is 2. The Hall–Kier alpha value is -3.38. The van der Waals surface area contributed by atoms with E-state index in [1.807, 2.05) is 62.3 Å². The molecule has 0 spiro atoms. The van der Waals surface area contributed by atoms with Gasteiger partial charge in [0.1, 0.15) is 0 Å². The van der Waals surface area contributed by atoms with E-state index in [0.717, 1.165) is 11.3 Å². The molecule has 1 fully saturated rings. The summed E-state index contributed by atoms with van der Waals surface area (Å²) >= 11 is 0. The third-order valence-electron chi connectivity index (χ3n) is 10.9. The Labute approximate surface area is 424 Å². The quantitative estimate of drug-likeness (QED) is 0.0587. The van der Waals surface area contributed by atoms with Crippen LogP contribution in [-0.4, -0.2) is 213 Å². The molecule has 0 bridgehead atoms. The van der Waals surface area contributed by atoms with Gasteiger partial charge in [-0.25, -0.2) is 0 Å². The van der Waals surface area contributed by atoms with E-state index in [2.05, 4.69) is 16.0 Å². The molecule has 71 heavy (non-hydrogen) atoms. The number of hydrogen-bond acceptors (Lipinski definition) is 16. The van der Waals surface area contributed by atoms with Gasteiger partial charge in [0.2, 0.25) is 35.4 Å². The Balaban J connectivity index is 2.20. The fourth-order valence-electron chi connectivity index (χ4n) is 6.80. The molecule has 414 valence electrons. The van der Waals surface area contributed by atoms with Crippen LogP contribution in [0.25, 0.3) is 0 Å². The van der Waals surface area contributed by atoms with Gasteiger partial charge in [-0.05, 0) is 75.2 Å². The van der Waals surface area contributed by atoms with Crippen LogP contribution in [0.15, 0.2) is 0 Å². The van der Waals surface area contributed by atoms with E-state index < -0.39 is 11.1 Å². The summed E-state index contributed by atoms with van der Waals surface area (Å²) in [6.07, 6.45) is 2.25. The van der Waals surface area contributed by atoms with Crippen LogP contribution in [0.4, 0.5) is 0 Å². The van der Waals surface area contributed by atoms with Gasteiger partial charge < -0.3 is 68.2 Å². The third-order valence-corrected chi connectivity index (χ3v) is 10.9. The number of amides is 6. The lowest BCUT2D eigenvalue weighted by Gasteiger charge is -2.32. The summed E-state index contributed by atoms with van der Waals surface area (Å²) in [5, 5.41) is 8.76. The molecule has 0 aromatic rings. The molecule has 1 saturated heterocycles. The maximum atomic E-state index is 13.2. The fraction of sp³-hybridized carbons (Fsp3) is 0.880. The minimum atomic E-state index is -0.617. The van der Waals surface area contributed by atoms with Gasteiger partial charge in [-0.3, -0.25) is 33.7 Å². The monoisotopic (exact) mass is 1020 g/mol. The van der Waals surface area contributed by atoms with E-state index >= 15 is 0 Å². The van der Waals surface area contributed by atoms with Crippen molar-refractivity contribution in [3.8, 4) is 0 Å². The maximum absolute atomic E-state index is 13.2. The minimum Gasteiger partial charge on any atom is -0.379 e. The molecule has 1 atom stereocenters. The lowest BCUT2D eigenvalue weighted by Crippen LogP contribution is -2.49. The van der Waals surface area contributed by atoms with Crippen LogP contribution in [0.1, 0.15) is 114 Å². The molecule has 1 aliphatic rings. The minimum absolute atomic E-state index is 0.00361. The lowest BCUT2D eigenvalue weighted by atomic mass is 10.0. The van der Waals surface area contributed by atoms with E-state index in [4.69, 9.17) is 47.4 Å². The first-order valence-electron chi connectivity index (χ1n) is 25.6. The summed E-state index contributed by atoms with van der Waals surface area (Å²) in [6.45, 7) is 26.5. The zero-order valence-corrected chi connectivity index (χ0v) is 45.1. The predicted molar refractivity (Wildman–Crippen MR) is 266 cm³/mol. The van der Waals surface area contributed by atoms with Crippen LogP contribution in [0.5, 0.6) is 0 Å². The SMILES string of the molecule is CCOC(C)(C)CCNC(=O)CCC(C)(C)OCC(C)(C)NC(=O)CCOCCOCCOCCOCCN(CCOCCOCCOCCOCCC(=O)NC(C)C)C(=O)CCN1C(=O)CC(C)C1=O. The van der Waals surface area contributed by atoms with Crippen molar-refractivity contribution in [3.63, 3.8) is 0 Å². The number of rotatable bonds is 46. The van der Waals surface area contributed by atoms with Gasteiger partial charge >= 0.3 is 0 Å². The van der Waals surface area contributed by atoms with E-state index in [-0.39, 0.29) is 112 Å². The number of carbonyl (C=O) groups is 6. The maximum Gasteiger partial charge on any atom is 0.232 e. The van der Waals surface area contributed by atoms with E-state index in [1.54, 1.807) is 11.8 Å². The van der Waals surface area contributed by atoms with Gasteiger partial charge in [0.05, 0.1) is 129 Å². The third kappa shape index (κ3) is 35.4. The van der Waals surface area contributed by atoms with Gasteiger partial charge in [-0.15, -0.1) is 0 Å². The second-order valence-electron chi connectivity index (χ2n) is 19.5. The number of nitrogens with one attached hydrogen (secondary N) is 3. The molecule has 1 aliphatic heterocycles. The Kier molecular flexibility index (Phi) is 35.3. The number of likely N-dealkylation sites (tertiary alicyclic amines) is 1. The van der Waals surface area contributed by atoms with Crippen molar-refractivity contribution in [2.24, 2.45) is 5.92 Å². The largest absolute Gasteiger partial charge is 0.379 e. The highest BCUT2D eigenvalue weighted by Gasteiger charge is 2.35. The van der Waals surface area contributed by atoms with Crippen molar-refractivity contribution in [3.05, 3.63) is 0 Å². The molecule has 1 heterocycles. The highest BCUT2D eigenvalue weighted by molar-refractivity contribution is 6.03. The molecule has 21 nitrogen and oxygen atoms in total. The Morgan fingerprint density at radius 2 is 1.06 bits per heavy atom. The van der Waals surface area contributed by atoms with Crippen LogP contribution in [0.3, 0.4) is 0 Å². The highest BCUT2D eigenvalue weighted by atomic mass is 16.6. The molecular formula is C50H93N5O16. The van der Waals surface area contributed by atoms with Crippen molar-refractivity contribution < 1.29 is 76.1 Å². The van der Waals surface area contributed by atoms with Crippen molar-refractivity contribution >= 4 is 35.4 Å². The molecule has 1 rings (SSSR count). The fourth-order valence-corrected chi connectivity index (χ4v) is 6.80. The van der Waals surface area contributed by atoms with Crippen LogP contribution >= 0.6 is 0 Å². The highest BCUT2D eigenvalue weighted by Crippen LogP contribution is 2.21. The number of carbonyl (C=O) groups excluding carboxylic acids is 6. The van der Waals surface area contributed by atoms with E-state index in [1.165, 1.54) is 0 Å². The number of ether oxygens (including phenoxy) is 10. The molecule has 0 aromatic carbocycles. The molecular weight excluding hydrogens is 927 g/mol. The number of imide groups is 1. The van der Waals surface area contributed by atoms with Crippen LogP contribution in [-0.2, 0) is 76.1 Å². The summed E-state index contributed by atoms with van der Waals surface area (Å²) < 4.78 is 56.4. The summed E-state index contributed by atoms with van der Waals surface area (Å²) in [5.41, 5.74) is -1.45. The van der Waals surface area contributed by atoms with Crippen LogP contribution < -0.4 is 16.0 Å². The summed E-state index contributed by atoms with van der Waals surface area (Å²) in [7, 11) is 0. The molecule has 0 aromatic heterocycles. The first-order chi connectivity index (χ1) is 33.7. The lowest BCUT2D eigenvalue weighted by molar-refractivity contribution is -0.140. The standard InChI is InChI=1S/C50H93N5O16/c1-11-70-50(9,10)17-18-51-42(56)12-16-49(7,8)71-39-48(5,6)53-44(58)15-23-63-27-31-67-35-37-69-33-29-65-25-21-54(45(59)13-19-55-46(60)38-41(4)47(55)61)20-24-64-28-32-68-36-34-66-30-26-62-22-14-43(57)52-40(2)3/h40-41H,11-39H2,1-10H3,(H,51,56)(H,52,57)(H,53,58). The average molecular weight is 1020 g/mol. The molecule has 0 radical (unpaired) electrons. The van der Waals surface area contributed by atoms with Gasteiger partial charge in [0.15, 0.2) is 0 Å². The zero-order valence-electron chi connectivity index (χ0n) is 45.1. The zero-order chi connectivity index (χ0) is 53.0. The summed E-state index contributed by atoms with van der Waals surface area (Å²) in [6, 6.07) is 0.102. The molecule has 21 heteroatoms.